The molecule has 7 nitrogen and oxygen atoms in total. The minimum atomic E-state index is -0.437. The van der Waals surface area contributed by atoms with E-state index in [1.165, 1.54) is 6.07 Å². The second kappa shape index (κ2) is 8.13. The van der Waals surface area contributed by atoms with Gasteiger partial charge in [-0.1, -0.05) is 26.0 Å². The second-order valence-corrected chi connectivity index (χ2v) is 7.61. The first-order valence-electron chi connectivity index (χ1n) is 8.61. The van der Waals surface area contributed by atoms with E-state index < -0.39 is 4.92 Å². The van der Waals surface area contributed by atoms with Crippen LogP contribution in [0.5, 0.6) is 0 Å². The third-order valence-electron chi connectivity index (χ3n) is 3.82. The summed E-state index contributed by atoms with van der Waals surface area (Å²) in [4.78, 5) is 19.7. The number of anilines is 3. The van der Waals surface area contributed by atoms with Crippen molar-refractivity contribution in [3.8, 4) is 11.3 Å². The number of nitrogens with zero attached hydrogens (tertiary/aromatic N) is 3. The first-order chi connectivity index (χ1) is 12.9. The Morgan fingerprint density at radius 1 is 1.15 bits per heavy atom. The molecule has 27 heavy (non-hydrogen) atoms. The lowest BCUT2D eigenvalue weighted by Gasteiger charge is -2.11. The van der Waals surface area contributed by atoms with Gasteiger partial charge < -0.3 is 10.6 Å². The number of aryl methyl sites for hydroxylation is 1. The van der Waals surface area contributed by atoms with Gasteiger partial charge in [-0.3, -0.25) is 10.1 Å². The molecule has 140 valence electrons. The summed E-state index contributed by atoms with van der Waals surface area (Å²) < 4.78 is 0. The van der Waals surface area contributed by atoms with Crippen molar-refractivity contribution >= 4 is 34.3 Å². The highest BCUT2D eigenvalue weighted by molar-refractivity contribution is 7.09. The van der Waals surface area contributed by atoms with Crippen LogP contribution in [0.4, 0.5) is 23.0 Å². The Morgan fingerprint density at radius 3 is 2.48 bits per heavy atom. The van der Waals surface area contributed by atoms with E-state index in [9.17, 15) is 10.1 Å². The smallest absolute Gasteiger partial charge is 0.311 e. The zero-order chi connectivity index (χ0) is 19.4. The highest BCUT2D eigenvalue weighted by atomic mass is 32.1. The fourth-order valence-electron chi connectivity index (χ4n) is 2.46. The van der Waals surface area contributed by atoms with Crippen molar-refractivity contribution < 1.29 is 4.92 Å². The third kappa shape index (κ3) is 4.79. The molecule has 2 N–H and O–H groups in total. The van der Waals surface area contributed by atoms with Gasteiger partial charge in [-0.2, -0.15) is 0 Å². The molecule has 0 atom stereocenters. The summed E-state index contributed by atoms with van der Waals surface area (Å²) in [5.74, 6) is 1.26. The van der Waals surface area contributed by atoms with E-state index in [0.717, 1.165) is 28.5 Å². The molecule has 0 amide bonds. The zero-order valence-electron chi connectivity index (χ0n) is 15.4. The topological polar surface area (TPSA) is 93.0 Å². The maximum Gasteiger partial charge on any atom is 0.311 e. The second-order valence-electron chi connectivity index (χ2n) is 6.55. The lowest BCUT2D eigenvalue weighted by atomic mass is 10.1. The molecule has 0 saturated heterocycles. The van der Waals surface area contributed by atoms with Gasteiger partial charge in [0.1, 0.15) is 5.82 Å². The molecule has 0 radical (unpaired) electrons. The van der Waals surface area contributed by atoms with E-state index in [1.54, 1.807) is 17.4 Å². The monoisotopic (exact) mass is 383 g/mol. The Morgan fingerprint density at radius 2 is 1.89 bits per heavy atom. The maximum absolute atomic E-state index is 11.3. The van der Waals surface area contributed by atoms with Crippen LogP contribution in [0.15, 0.2) is 41.8 Å². The van der Waals surface area contributed by atoms with Crippen LogP contribution in [0.2, 0.25) is 0 Å². The van der Waals surface area contributed by atoms with Crippen molar-refractivity contribution in [3.05, 3.63) is 56.9 Å². The van der Waals surface area contributed by atoms with E-state index in [2.05, 4.69) is 34.4 Å². The largest absolute Gasteiger partial charge is 0.370 e. The predicted octanol–water partition coefficient (Wildman–Crippen LogP) is 5.23. The molecule has 0 bridgehead atoms. The molecular weight excluding hydrogens is 362 g/mol. The van der Waals surface area contributed by atoms with Crippen LogP contribution in [-0.2, 0) is 0 Å². The minimum absolute atomic E-state index is 0.0655. The fourth-order valence-corrected chi connectivity index (χ4v) is 3.08. The van der Waals surface area contributed by atoms with Crippen LogP contribution in [0.25, 0.3) is 11.3 Å². The van der Waals surface area contributed by atoms with Crippen molar-refractivity contribution in [2.24, 2.45) is 5.92 Å². The van der Waals surface area contributed by atoms with Crippen LogP contribution in [0.1, 0.15) is 18.9 Å². The number of nitrogens with one attached hydrogen (secondary N) is 2. The lowest BCUT2D eigenvalue weighted by Crippen LogP contribution is -2.10. The highest BCUT2D eigenvalue weighted by Crippen LogP contribution is 2.29. The predicted molar refractivity (Wildman–Crippen MR) is 110 cm³/mol. The Hall–Kier alpha value is -3.00. The van der Waals surface area contributed by atoms with Crippen molar-refractivity contribution in [1.29, 1.82) is 0 Å². The average Bonchev–Trinajstić information content (AvgIpc) is 3.07. The Labute approximate surface area is 161 Å². The quantitative estimate of drug-likeness (QED) is 0.428. The summed E-state index contributed by atoms with van der Waals surface area (Å²) in [7, 11) is 0. The summed E-state index contributed by atoms with van der Waals surface area (Å²) in [6.07, 6.45) is 0. The maximum atomic E-state index is 11.3. The van der Waals surface area contributed by atoms with E-state index >= 15 is 0 Å². The molecule has 0 aliphatic rings. The standard InChI is InChI=1S/C19H21N5O2S/c1-12(2)10-20-18-9-8-17(24(25)26)19(23-18)22-15-6-4-14(5-7-15)16-11-27-13(3)21-16/h4-9,11-12H,10H2,1-3H3,(H2,20,22,23). The van der Waals surface area contributed by atoms with Crippen LogP contribution in [0, 0.1) is 23.0 Å². The summed E-state index contributed by atoms with van der Waals surface area (Å²) in [5.41, 5.74) is 2.58. The first-order valence-corrected chi connectivity index (χ1v) is 9.49. The van der Waals surface area contributed by atoms with Gasteiger partial charge in [0, 0.05) is 29.2 Å². The van der Waals surface area contributed by atoms with Gasteiger partial charge in [0.15, 0.2) is 0 Å². The van der Waals surface area contributed by atoms with Crippen molar-refractivity contribution in [2.75, 3.05) is 17.2 Å². The van der Waals surface area contributed by atoms with Crippen molar-refractivity contribution in [2.45, 2.75) is 20.8 Å². The van der Waals surface area contributed by atoms with Gasteiger partial charge in [0.05, 0.1) is 15.6 Å². The molecule has 1 aromatic carbocycles. The summed E-state index contributed by atoms with van der Waals surface area (Å²) in [6, 6.07) is 10.7. The number of pyridine rings is 1. The molecular formula is C19H21N5O2S. The number of rotatable bonds is 7. The summed E-state index contributed by atoms with van der Waals surface area (Å²) in [6.45, 7) is 6.88. The minimum Gasteiger partial charge on any atom is -0.370 e. The van der Waals surface area contributed by atoms with E-state index in [0.29, 0.717) is 11.7 Å². The number of benzene rings is 1. The lowest BCUT2D eigenvalue weighted by molar-refractivity contribution is -0.384. The molecule has 0 spiro atoms. The SMILES string of the molecule is Cc1nc(-c2ccc(Nc3nc(NCC(C)C)ccc3[N+](=O)[O-])cc2)cs1. The van der Waals surface area contributed by atoms with Crippen molar-refractivity contribution in [3.63, 3.8) is 0 Å². The molecule has 2 aromatic heterocycles. The van der Waals surface area contributed by atoms with Crippen LogP contribution in [0.3, 0.4) is 0 Å². The normalized spacial score (nSPS) is 10.8. The summed E-state index contributed by atoms with van der Waals surface area (Å²) in [5, 5.41) is 20.6. The molecule has 0 aliphatic carbocycles. The van der Waals surface area contributed by atoms with E-state index in [4.69, 9.17) is 0 Å². The first kappa shape index (κ1) is 18.8. The van der Waals surface area contributed by atoms with E-state index in [1.807, 2.05) is 36.6 Å². The molecule has 3 rings (SSSR count). The number of aromatic nitrogens is 2. The van der Waals surface area contributed by atoms with Crippen LogP contribution >= 0.6 is 11.3 Å². The van der Waals surface area contributed by atoms with Crippen LogP contribution < -0.4 is 10.6 Å². The Bertz CT molecular complexity index is 938. The third-order valence-corrected chi connectivity index (χ3v) is 4.60. The molecule has 0 unspecified atom stereocenters. The van der Waals surface area contributed by atoms with Gasteiger partial charge in [-0.25, -0.2) is 9.97 Å². The van der Waals surface area contributed by atoms with Gasteiger partial charge >= 0.3 is 5.69 Å². The van der Waals surface area contributed by atoms with Crippen LogP contribution in [-0.4, -0.2) is 21.4 Å². The van der Waals surface area contributed by atoms with Gasteiger partial charge in [0.2, 0.25) is 5.82 Å². The number of hydrogen-bond acceptors (Lipinski definition) is 7. The van der Waals surface area contributed by atoms with Gasteiger partial charge in [0.25, 0.3) is 0 Å². The highest BCUT2D eigenvalue weighted by Gasteiger charge is 2.16. The molecule has 0 aliphatic heterocycles. The zero-order valence-corrected chi connectivity index (χ0v) is 16.2. The van der Waals surface area contributed by atoms with Gasteiger partial charge in [-0.05, 0) is 31.0 Å². The molecule has 0 saturated carbocycles. The van der Waals surface area contributed by atoms with Gasteiger partial charge in [-0.15, -0.1) is 11.3 Å². The fraction of sp³-hybridized carbons (Fsp3) is 0.263. The Balaban J connectivity index is 1.82. The number of hydrogen-bond donors (Lipinski definition) is 2. The summed E-state index contributed by atoms with van der Waals surface area (Å²) >= 11 is 1.60. The van der Waals surface area contributed by atoms with Crippen molar-refractivity contribution in [1.82, 2.24) is 9.97 Å². The molecule has 0 fully saturated rings. The number of thiazole rings is 1. The number of nitro groups is 1. The molecule has 2 heterocycles. The average molecular weight is 383 g/mol. The molecule has 8 heteroatoms. The molecule has 3 aromatic rings. The van der Waals surface area contributed by atoms with E-state index in [-0.39, 0.29) is 11.5 Å². The Kier molecular flexibility index (Phi) is 5.66.